The van der Waals surface area contributed by atoms with Gasteiger partial charge in [0.15, 0.2) is 5.78 Å². The van der Waals surface area contributed by atoms with Gasteiger partial charge in [0.05, 0.1) is 23.9 Å². The Bertz CT molecular complexity index is 1550. The van der Waals surface area contributed by atoms with Gasteiger partial charge in [0, 0.05) is 57.6 Å². The summed E-state index contributed by atoms with van der Waals surface area (Å²) in [6.07, 6.45) is -0.490. The van der Waals surface area contributed by atoms with Crippen LogP contribution in [0.3, 0.4) is 0 Å². The van der Waals surface area contributed by atoms with E-state index < -0.39 is 6.09 Å². The summed E-state index contributed by atoms with van der Waals surface area (Å²) >= 11 is 12.3. The number of ether oxygens (including phenoxy) is 1. The number of oxime groups is 1. The number of ketones is 1. The van der Waals surface area contributed by atoms with Crippen LogP contribution in [0, 0.1) is 0 Å². The molecule has 0 spiro atoms. The zero-order valence-electron chi connectivity index (χ0n) is 20.5. The van der Waals surface area contributed by atoms with Crippen LogP contribution in [-0.2, 0) is 16.1 Å². The van der Waals surface area contributed by atoms with Gasteiger partial charge in [0.25, 0.3) is 0 Å². The number of halogens is 2. The molecule has 1 saturated heterocycles. The van der Waals surface area contributed by atoms with E-state index in [1.807, 2.05) is 36.4 Å². The summed E-state index contributed by atoms with van der Waals surface area (Å²) in [6, 6.07) is 16.5. The number of carbonyl (C=O) groups excluding carboxylic acids is 2. The highest BCUT2D eigenvalue weighted by molar-refractivity contribution is 6.37. The lowest BCUT2D eigenvalue weighted by Crippen LogP contribution is -2.40. The molecule has 4 aromatic rings. The number of hydrogen-bond acceptors (Lipinski definition) is 5. The molecule has 1 fully saturated rings. The largest absolute Gasteiger partial charge is 0.436 e. The summed E-state index contributed by atoms with van der Waals surface area (Å²) in [6.45, 7) is 6.59. The Morgan fingerprint density at radius 1 is 0.946 bits per heavy atom. The molecule has 2 heterocycles. The van der Waals surface area contributed by atoms with Crippen LogP contribution in [0.2, 0.25) is 10.0 Å². The van der Waals surface area contributed by atoms with Crippen LogP contribution in [0.15, 0.2) is 59.8 Å². The average molecular weight is 538 g/mol. The summed E-state index contributed by atoms with van der Waals surface area (Å²) < 4.78 is 7.47. The molecular formula is C28H25Cl2N3O4. The Balaban J connectivity index is 1.51. The molecule has 0 unspecified atom stereocenters. The summed E-state index contributed by atoms with van der Waals surface area (Å²) in [7, 11) is 0. The number of morpholine rings is 1. The van der Waals surface area contributed by atoms with Crippen molar-refractivity contribution < 1.29 is 19.2 Å². The number of hydrogen-bond donors (Lipinski definition) is 0. The maximum atomic E-state index is 13.3. The molecule has 0 N–H and O–H groups in total. The minimum Gasteiger partial charge on any atom is -0.378 e. The Morgan fingerprint density at radius 3 is 2.24 bits per heavy atom. The molecule has 1 aromatic heterocycles. The lowest BCUT2D eigenvalue weighted by molar-refractivity contribution is 0.0279. The highest BCUT2D eigenvalue weighted by Gasteiger charge is 2.19. The molecule has 0 bridgehead atoms. The third kappa shape index (κ3) is 4.94. The summed E-state index contributed by atoms with van der Waals surface area (Å²) in [5.74, 6) is -0.176. The van der Waals surface area contributed by atoms with Crippen molar-refractivity contribution in [1.29, 1.82) is 0 Å². The number of aryl methyl sites for hydroxylation is 1. The van der Waals surface area contributed by atoms with Crippen LogP contribution in [0.1, 0.15) is 35.3 Å². The number of benzene rings is 3. The van der Waals surface area contributed by atoms with Gasteiger partial charge < -0.3 is 14.2 Å². The Hall–Kier alpha value is -3.39. The van der Waals surface area contributed by atoms with Gasteiger partial charge in [-0.1, -0.05) is 34.4 Å². The topological polar surface area (TPSA) is 73.1 Å². The van der Waals surface area contributed by atoms with E-state index in [1.165, 1.54) is 0 Å². The Morgan fingerprint density at radius 2 is 1.59 bits per heavy atom. The minimum absolute atomic E-state index is 0.176. The number of rotatable bonds is 5. The summed E-state index contributed by atoms with van der Waals surface area (Å²) in [4.78, 5) is 32.4. The average Bonchev–Trinajstić information content (AvgIpc) is 3.23. The van der Waals surface area contributed by atoms with E-state index in [2.05, 4.69) is 16.6 Å². The van der Waals surface area contributed by atoms with Gasteiger partial charge in [-0.15, -0.1) is 0 Å². The van der Waals surface area contributed by atoms with Gasteiger partial charge in [0.2, 0.25) is 0 Å². The van der Waals surface area contributed by atoms with Gasteiger partial charge in [-0.2, -0.15) is 0 Å². The monoisotopic (exact) mass is 537 g/mol. The predicted molar refractivity (Wildman–Crippen MR) is 146 cm³/mol. The van der Waals surface area contributed by atoms with Crippen molar-refractivity contribution in [3.05, 3.63) is 81.3 Å². The fourth-order valence-corrected chi connectivity index (χ4v) is 5.10. The number of nitrogens with zero attached hydrogens (tertiary/aromatic N) is 3. The first-order valence-electron chi connectivity index (χ1n) is 12.0. The van der Waals surface area contributed by atoms with Gasteiger partial charge in [0.1, 0.15) is 0 Å². The van der Waals surface area contributed by atoms with E-state index in [0.717, 1.165) is 33.9 Å². The number of amides is 1. The maximum Gasteiger partial charge on any atom is 0.436 e. The highest BCUT2D eigenvalue weighted by atomic mass is 35.5. The SMILES string of the molecule is CCn1c2ccc(C(=O)c3ccc(Cl)cc3Cl)cc2c2cc(/C(C)=N/OC(=O)N3CCOCC3)ccc21. The molecule has 9 heteroatoms. The number of carbonyl (C=O) groups is 2. The van der Waals surface area contributed by atoms with E-state index in [-0.39, 0.29) is 5.78 Å². The van der Waals surface area contributed by atoms with E-state index in [9.17, 15) is 9.59 Å². The predicted octanol–water partition coefficient (Wildman–Crippen LogP) is 6.55. The summed E-state index contributed by atoms with van der Waals surface area (Å²) in [5.41, 5.74) is 4.36. The van der Waals surface area contributed by atoms with Crippen molar-refractivity contribution in [3.63, 3.8) is 0 Å². The van der Waals surface area contributed by atoms with Crippen LogP contribution in [0.25, 0.3) is 21.8 Å². The van der Waals surface area contributed by atoms with E-state index in [0.29, 0.717) is 53.2 Å². The molecule has 0 saturated carbocycles. The lowest BCUT2D eigenvalue weighted by atomic mass is 10.0. The smallest absolute Gasteiger partial charge is 0.378 e. The van der Waals surface area contributed by atoms with Crippen molar-refractivity contribution in [2.75, 3.05) is 26.3 Å². The van der Waals surface area contributed by atoms with Gasteiger partial charge in [-0.05, 0) is 67.9 Å². The van der Waals surface area contributed by atoms with Crippen molar-refractivity contribution in [2.24, 2.45) is 5.16 Å². The van der Waals surface area contributed by atoms with Crippen LogP contribution in [0.5, 0.6) is 0 Å². The quantitative estimate of drug-likeness (QED) is 0.125. The fraction of sp³-hybridized carbons (Fsp3) is 0.250. The van der Waals surface area contributed by atoms with Crippen molar-refractivity contribution in [2.45, 2.75) is 20.4 Å². The highest BCUT2D eigenvalue weighted by Crippen LogP contribution is 2.32. The van der Waals surface area contributed by atoms with E-state index in [4.69, 9.17) is 32.8 Å². The van der Waals surface area contributed by atoms with E-state index in [1.54, 1.807) is 30.0 Å². The van der Waals surface area contributed by atoms with Crippen LogP contribution < -0.4 is 0 Å². The minimum atomic E-state index is -0.490. The molecule has 0 aliphatic carbocycles. The molecule has 37 heavy (non-hydrogen) atoms. The normalized spacial score (nSPS) is 14.4. The standard InChI is InChI=1S/C28H25Cl2N3O4/c1-3-33-25-8-4-18(17(2)31-37-28(35)32-10-12-36-13-11-32)14-22(25)23-15-19(5-9-26(23)33)27(34)21-7-6-20(29)16-24(21)30/h4-9,14-16H,3,10-13H2,1-2H3/b31-17+. The van der Waals surface area contributed by atoms with Gasteiger partial charge in [-0.3, -0.25) is 9.63 Å². The Labute approximate surface area is 224 Å². The van der Waals surface area contributed by atoms with Crippen molar-refractivity contribution >= 4 is 62.6 Å². The molecule has 1 amide bonds. The second kappa shape index (κ2) is 10.5. The molecule has 0 atom stereocenters. The first kappa shape index (κ1) is 25.3. The third-order valence-electron chi connectivity index (χ3n) is 6.57. The van der Waals surface area contributed by atoms with Gasteiger partial charge >= 0.3 is 6.09 Å². The number of aromatic nitrogens is 1. The molecular weight excluding hydrogens is 513 g/mol. The Kier molecular flexibility index (Phi) is 7.20. The molecule has 1 aliphatic rings. The first-order chi connectivity index (χ1) is 17.9. The second-order valence-electron chi connectivity index (χ2n) is 8.79. The molecule has 0 radical (unpaired) electrons. The molecule has 5 rings (SSSR count). The zero-order chi connectivity index (χ0) is 26.1. The second-order valence-corrected chi connectivity index (χ2v) is 9.64. The van der Waals surface area contributed by atoms with Gasteiger partial charge in [-0.25, -0.2) is 4.79 Å². The summed E-state index contributed by atoms with van der Waals surface area (Å²) in [5, 5.41) is 6.78. The first-order valence-corrected chi connectivity index (χ1v) is 12.8. The van der Waals surface area contributed by atoms with E-state index >= 15 is 0 Å². The van der Waals surface area contributed by atoms with Crippen molar-refractivity contribution in [3.8, 4) is 0 Å². The molecule has 190 valence electrons. The molecule has 3 aromatic carbocycles. The lowest BCUT2D eigenvalue weighted by Gasteiger charge is -2.24. The molecule has 7 nitrogen and oxygen atoms in total. The zero-order valence-corrected chi connectivity index (χ0v) is 22.0. The van der Waals surface area contributed by atoms with Crippen molar-refractivity contribution in [1.82, 2.24) is 9.47 Å². The number of fused-ring (bicyclic) bond motifs is 3. The molecule has 1 aliphatic heterocycles. The maximum absolute atomic E-state index is 13.3. The van der Waals surface area contributed by atoms with Crippen LogP contribution in [-0.4, -0.2) is 53.4 Å². The third-order valence-corrected chi connectivity index (χ3v) is 7.11. The fourth-order valence-electron chi connectivity index (χ4n) is 4.60. The van der Waals surface area contributed by atoms with Crippen LogP contribution in [0.4, 0.5) is 4.79 Å². The van der Waals surface area contributed by atoms with Crippen LogP contribution >= 0.6 is 23.2 Å².